The number of rotatable bonds is 4. The fourth-order valence-corrected chi connectivity index (χ4v) is 2.10. The predicted molar refractivity (Wildman–Crippen MR) is 88.3 cm³/mol. The number of nitrogens with zero attached hydrogens (tertiary/aromatic N) is 1. The minimum absolute atomic E-state index is 0.0665. The first-order valence-electron chi connectivity index (χ1n) is 7.17. The SMILES string of the molecule is O=C(Nc1ccccc1F)c1cc(Nc2ccccc2F)ccn1. The molecule has 4 nitrogen and oxygen atoms in total. The van der Waals surface area contributed by atoms with E-state index in [2.05, 4.69) is 15.6 Å². The third-order valence-corrected chi connectivity index (χ3v) is 3.27. The molecule has 0 unspecified atom stereocenters. The summed E-state index contributed by atoms with van der Waals surface area (Å²) in [6.45, 7) is 0. The van der Waals surface area contributed by atoms with Gasteiger partial charge in [0.05, 0.1) is 11.4 Å². The number of nitrogens with one attached hydrogen (secondary N) is 2. The molecule has 2 N–H and O–H groups in total. The number of para-hydroxylation sites is 2. The molecule has 0 aliphatic carbocycles. The van der Waals surface area contributed by atoms with Crippen LogP contribution in [0, 0.1) is 11.6 Å². The van der Waals surface area contributed by atoms with Crippen LogP contribution >= 0.6 is 0 Å². The number of amides is 1. The van der Waals surface area contributed by atoms with Crippen molar-refractivity contribution in [2.24, 2.45) is 0 Å². The molecular formula is C18H13F2N3O. The molecule has 0 saturated heterocycles. The number of carbonyl (C=O) groups is 1. The van der Waals surface area contributed by atoms with Gasteiger partial charge in [0.25, 0.3) is 5.91 Å². The van der Waals surface area contributed by atoms with Crippen molar-refractivity contribution in [3.05, 3.63) is 84.2 Å². The number of aromatic nitrogens is 1. The van der Waals surface area contributed by atoms with Gasteiger partial charge in [-0.25, -0.2) is 8.78 Å². The van der Waals surface area contributed by atoms with Crippen molar-refractivity contribution in [2.75, 3.05) is 10.6 Å². The van der Waals surface area contributed by atoms with E-state index in [1.54, 1.807) is 30.3 Å². The molecular weight excluding hydrogens is 312 g/mol. The zero-order valence-corrected chi connectivity index (χ0v) is 12.5. The second-order valence-electron chi connectivity index (χ2n) is 4.97. The summed E-state index contributed by atoms with van der Waals surface area (Å²) in [5, 5.41) is 5.32. The molecule has 0 saturated carbocycles. The largest absolute Gasteiger partial charge is 0.353 e. The topological polar surface area (TPSA) is 54.0 Å². The summed E-state index contributed by atoms with van der Waals surface area (Å²) in [5.74, 6) is -1.50. The third-order valence-electron chi connectivity index (χ3n) is 3.27. The zero-order valence-electron chi connectivity index (χ0n) is 12.5. The lowest BCUT2D eigenvalue weighted by atomic mass is 10.2. The summed E-state index contributed by atoms with van der Waals surface area (Å²) in [4.78, 5) is 16.2. The fraction of sp³-hybridized carbons (Fsp3) is 0. The van der Waals surface area contributed by atoms with Gasteiger partial charge < -0.3 is 10.6 Å². The van der Waals surface area contributed by atoms with E-state index in [0.29, 0.717) is 5.69 Å². The van der Waals surface area contributed by atoms with Crippen molar-refractivity contribution in [3.63, 3.8) is 0 Å². The molecule has 0 aliphatic rings. The monoisotopic (exact) mass is 325 g/mol. The normalized spacial score (nSPS) is 10.2. The van der Waals surface area contributed by atoms with Crippen molar-refractivity contribution in [1.82, 2.24) is 4.98 Å². The van der Waals surface area contributed by atoms with Gasteiger partial charge in [0, 0.05) is 11.9 Å². The standard InChI is InChI=1S/C18H13F2N3O/c19-13-5-1-3-7-15(13)22-12-9-10-21-17(11-12)18(24)23-16-8-4-2-6-14(16)20/h1-11H,(H,21,22)(H,23,24). The van der Waals surface area contributed by atoms with Crippen LogP contribution in [0.4, 0.5) is 25.8 Å². The number of hydrogen-bond acceptors (Lipinski definition) is 3. The van der Waals surface area contributed by atoms with Gasteiger partial charge in [0.1, 0.15) is 17.3 Å². The molecule has 0 atom stereocenters. The van der Waals surface area contributed by atoms with Gasteiger partial charge in [0.2, 0.25) is 0 Å². The molecule has 0 fully saturated rings. The van der Waals surface area contributed by atoms with E-state index in [1.165, 1.54) is 36.5 Å². The van der Waals surface area contributed by atoms with Gasteiger partial charge >= 0.3 is 0 Å². The number of pyridine rings is 1. The Hall–Kier alpha value is -3.28. The van der Waals surface area contributed by atoms with Gasteiger partial charge in [-0.05, 0) is 36.4 Å². The average molecular weight is 325 g/mol. The second-order valence-corrected chi connectivity index (χ2v) is 4.97. The predicted octanol–water partition coefficient (Wildman–Crippen LogP) is 4.36. The Bertz CT molecular complexity index is 883. The van der Waals surface area contributed by atoms with Crippen molar-refractivity contribution < 1.29 is 13.6 Å². The molecule has 3 aromatic rings. The van der Waals surface area contributed by atoms with E-state index < -0.39 is 17.5 Å². The molecule has 2 aromatic carbocycles. The third kappa shape index (κ3) is 3.55. The highest BCUT2D eigenvalue weighted by atomic mass is 19.1. The van der Waals surface area contributed by atoms with Crippen molar-refractivity contribution >= 4 is 23.0 Å². The highest BCUT2D eigenvalue weighted by Gasteiger charge is 2.11. The molecule has 1 amide bonds. The lowest BCUT2D eigenvalue weighted by Gasteiger charge is -2.09. The highest BCUT2D eigenvalue weighted by molar-refractivity contribution is 6.03. The molecule has 0 spiro atoms. The minimum atomic E-state index is -0.558. The minimum Gasteiger partial charge on any atom is -0.353 e. The summed E-state index contributed by atoms with van der Waals surface area (Å²) in [6.07, 6.45) is 1.42. The Balaban J connectivity index is 1.79. The first-order chi connectivity index (χ1) is 11.6. The van der Waals surface area contributed by atoms with Gasteiger partial charge in [-0.15, -0.1) is 0 Å². The number of halogens is 2. The summed E-state index contributed by atoms with van der Waals surface area (Å²) in [5.41, 5.74) is 0.925. The van der Waals surface area contributed by atoms with Crippen LogP contribution in [0.25, 0.3) is 0 Å². The molecule has 120 valence electrons. The van der Waals surface area contributed by atoms with Crippen LogP contribution in [-0.4, -0.2) is 10.9 Å². The quantitative estimate of drug-likeness (QED) is 0.749. The maximum absolute atomic E-state index is 13.7. The Morgan fingerprint density at radius 1 is 0.875 bits per heavy atom. The molecule has 24 heavy (non-hydrogen) atoms. The first kappa shape index (κ1) is 15.6. The Labute approximate surface area is 137 Å². The van der Waals surface area contributed by atoms with E-state index in [-0.39, 0.29) is 17.1 Å². The molecule has 3 rings (SSSR count). The molecule has 0 aliphatic heterocycles. The van der Waals surface area contributed by atoms with Gasteiger partial charge in [-0.1, -0.05) is 24.3 Å². The lowest BCUT2D eigenvalue weighted by Crippen LogP contribution is -2.14. The van der Waals surface area contributed by atoms with Crippen LogP contribution in [0.1, 0.15) is 10.5 Å². The molecule has 6 heteroatoms. The van der Waals surface area contributed by atoms with Crippen molar-refractivity contribution in [3.8, 4) is 0 Å². The molecule has 0 radical (unpaired) electrons. The van der Waals surface area contributed by atoms with E-state index in [9.17, 15) is 13.6 Å². The Kier molecular flexibility index (Phi) is 4.47. The molecule has 0 bridgehead atoms. The Morgan fingerprint density at radius 2 is 1.50 bits per heavy atom. The second kappa shape index (κ2) is 6.87. The van der Waals surface area contributed by atoms with Crippen molar-refractivity contribution in [1.29, 1.82) is 0 Å². The van der Waals surface area contributed by atoms with E-state index >= 15 is 0 Å². The number of anilines is 3. The van der Waals surface area contributed by atoms with Crippen molar-refractivity contribution in [2.45, 2.75) is 0 Å². The van der Waals surface area contributed by atoms with Gasteiger partial charge in [-0.3, -0.25) is 9.78 Å². The smallest absolute Gasteiger partial charge is 0.274 e. The Morgan fingerprint density at radius 3 is 2.17 bits per heavy atom. The first-order valence-corrected chi connectivity index (χ1v) is 7.17. The highest BCUT2D eigenvalue weighted by Crippen LogP contribution is 2.20. The van der Waals surface area contributed by atoms with Crippen LogP contribution in [0.3, 0.4) is 0 Å². The summed E-state index contributed by atoms with van der Waals surface area (Å²) in [7, 11) is 0. The van der Waals surface area contributed by atoms with Crippen LogP contribution in [0.2, 0.25) is 0 Å². The van der Waals surface area contributed by atoms with E-state index in [4.69, 9.17) is 0 Å². The number of carbonyl (C=O) groups excluding carboxylic acids is 1. The maximum Gasteiger partial charge on any atom is 0.274 e. The number of benzene rings is 2. The van der Waals surface area contributed by atoms with Gasteiger partial charge in [0.15, 0.2) is 0 Å². The average Bonchev–Trinajstić information content (AvgIpc) is 2.59. The van der Waals surface area contributed by atoms with E-state index in [1.807, 2.05) is 0 Å². The number of hydrogen-bond donors (Lipinski definition) is 2. The molecule has 1 heterocycles. The summed E-state index contributed by atoms with van der Waals surface area (Å²) < 4.78 is 27.3. The lowest BCUT2D eigenvalue weighted by molar-refractivity contribution is 0.102. The van der Waals surface area contributed by atoms with Crippen LogP contribution in [0.5, 0.6) is 0 Å². The zero-order chi connectivity index (χ0) is 16.9. The fourth-order valence-electron chi connectivity index (χ4n) is 2.10. The van der Waals surface area contributed by atoms with Gasteiger partial charge in [-0.2, -0.15) is 0 Å². The summed E-state index contributed by atoms with van der Waals surface area (Å²) in [6, 6.07) is 15.1. The van der Waals surface area contributed by atoms with Crippen LogP contribution in [-0.2, 0) is 0 Å². The molecule has 1 aromatic heterocycles. The van der Waals surface area contributed by atoms with E-state index in [0.717, 1.165) is 0 Å². The van der Waals surface area contributed by atoms with Crippen LogP contribution in [0.15, 0.2) is 66.9 Å². The maximum atomic E-state index is 13.7. The summed E-state index contributed by atoms with van der Waals surface area (Å²) >= 11 is 0. The van der Waals surface area contributed by atoms with Crippen LogP contribution < -0.4 is 10.6 Å².